The van der Waals surface area contributed by atoms with Crippen LogP contribution < -0.4 is 5.32 Å². The average Bonchev–Trinajstić information content (AvgIpc) is 2.97. The van der Waals surface area contributed by atoms with Crippen LogP contribution in [0, 0.1) is 17.7 Å². The van der Waals surface area contributed by atoms with E-state index in [0.29, 0.717) is 29.7 Å². The molecule has 1 aliphatic heterocycles. The van der Waals surface area contributed by atoms with Crippen LogP contribution in [-0.4, -0.2) is 40.4 Å². The van der Waals surface area contributed by atoms with Gasteiger partial charge in [0.1, 0.15) is 11.9 Å². The lowest BCUT2D eigenvalue weighted by Gasteiger charge is -2.30. The highest BCUT2D eigenvalue weighted by atomic mass is 32.2. The van der Waals surface area contributed by atoms with Crippen LogP contribution >= 0.6 is 11.8 Å². The van der Waals surface area contributed by atoms with Crippen molar-refractivity contribution in [3.05, 3.63) is 35.6 Å². The van der Waals surface area contributed by atoms with Crippen molar-refractivity contribution in [3.63, 3.8) is 0 Å². The fourth-order valence-electron chi connectivity index (χ4n) is 2.97. The topological polar surface area (TPSA) is 49.4 Å². The Kier molecular flexibility index (Phi) is 7.50. The molecule has 0 spiro atoms. The van der Waals surface area contributed by atoms with Crippen LogP contribution in [-0.2, 0) is 4.79 Å². The summed E-state index contributed by atoms with van der Waals surface area (Å²) in [6.45, 7) is 9.06. The summed E-state index contributed by atoms with van der Waals surface area (Å²) in [4.78, 5) is 27.4. The molecule has 26 heavy (non-hydrogen) atoms. The number of amides is 2. The fraction of sp³-hybridized carbons (Fsp3) is 0.600. The van der Waals surface area contributed by atoms with Crippen molar-refractivity contribution in [1.29, 1.82) is 0 Å². The molecule has 2 amide bonds. The zero-order valence-electron chi connectivity index (χ0n) is 16.0. The summed E-state index contributed by atoms with van der Waals surface area (Å²) < 4.78 is 13.2. The molecule has 2 atom stereocenters. The molecule has 1 aromatic carbocycles. The standard InChI is InChI=1S/C20H29FN2O2S/c1-13(2)9-10-22-19(24)17-12-26-18(11-14(3)4)23(17)20(25)15-5-7-16(21)8-6-15/h5-8,13-14,17-18H,9-12H2,1-4H3,(H,22,24). The number of carbonyl (C=O) groups excluding carboxylic acids is 2. The van der Waals surface area contributed by atoms with Crippen molar-refractivity contribution in [3.8, 4) is 0 Å². The largest absolute Gasteiger partial charge is 0.354 e. The van der Waals surface area contributed by atoms with E-state index in [2.05, 4.69) is 33.0 Å². The minimum atomic E-state index is -0.478. The van der Waals surface area contributed by atoms with Gasteiger partial charge in [-0.1, -0.05) is 27.7 Å². The van der Waals surface area contributed by atoms with Gasteiger partial charge in [0.25, 0.3) is 5.91 Å². The SMILES string of the molecule is CC(C)CCNC(=O)C1CSC(CC(C)C)N1C(=O)c1ccc(F)cc1. The summed E-state index contributed by atoms with van der Waals surface area (Å²) in [5, 5.41) is 2.94. The first kappa shape index (κ1) is 20.7. The van der Waals surface area contributed by atoms with Crippen LogP contribution in [0.15, 0.2) is 24.3 Å². The number of rotatable bonds is 7. The van der Waals surface area contributed by atoms with Gasteiger partial charge in [0.2, 0.25) is 5.91 Å². The molecular weight excluding hydrogens is 351 g/mol. The Balaban J connectivity index is 2.16. The Bertz CT molecular complexity index is 619. The number of hydrogen-bond acceptors (Lipinski definition) is 3. The second-order valence-electron chi connectivity index (χ2n) is 7.63. The third-order valence-corrected chi connectivity index (χ3v) is 5.73. The monoisotopic (exact) mass is 380 g/mol. The predicted octanol–water partition coefficient (Wildman–Crippen LogP) is 3.92. The van der Waals surface area contributed by atoms with Crippen molar-refractivity contribution in [1.82, 2.24) is 10.2 Å². The number of nitrogens with zero attached hydrogens (tertiary/aromatic N) is 1. The molecule has 1 heterocycles. The zero-order chi connectivity index (χ0) is 19.3. The highest BCUT2D eigenvalue weighted by Crippen LogP contribution is 2.34. The molecule has 1 N–H and O–H groups in total. The molecule has 1 fully saturated rings. The molecule has 1 aromatic rings. The van der Waals surface area contributed by atoms with E-state index in [1.807, 2.05) is 0 Å². The Labute approximate surface area is 159 Å². The lowest BCUT2D eigenvalue weighted by molar-refractivity contribution is -0.124. The van der Waals surface area contributed by atoms with Crippen molar-refractivity contribution in [2.24, 2.45) is 11.8 Å². The number of halogens is 1. The maximum Gasteiger partial charge on any atom is 0.255 e. The average molecular weight is 381 g/mol. The molecule has 2 unspecified atom stereocenters. The Morgan fingerprint density at radius 1 is 1.19 bits per heavy atom. The fourth-order valence-corrected chi connectivity index (χ4v) is 4.61. The van der Waals surface area contributed by atoms with Crippen molar-refractivity contribution >= 4 is 23.6 Å². The Morgan fingerprint density at radius 3 is 2.42 bits per heavy atom. The third kappa shape index (κ3) is 5.47. The van der Waals surface area contributed by atoms with E-state index in [-0.39, 0.29) is 23.0 Å². The van der Waals surface area contributed by atoms with Gasteiger partial charge in [0.15, 0.2) is 0 Å². The quantitative estimate of drug-likeness (QED) is 0.780. The maximum atomic E-state index is 13.2. The van der Waals surface area contributed by atoms with Crippen LogP contribution in [0.2, 0.25) is 0 Å². The predicted molar refractivity (Wildman–Crippen MR) is 105 cm³/mol. The summed E-state index contributed by atoms with van der Waals surface area (Å²) >= 11 is 1.65. The number of benzene rings is 1. The molecule has 0 radical (unpaired) electrons. The van der Waals surface area contributed by atoms with Gasteiger partial charge < -0.3 is 10.2 Å². The molecule has 6 heteroatoms. The summed E-state index contributed by atoms with van der Waals surface area (Å²) in [5.74, 6) is 0.846. The maximum absolute atomic E-state index is 13.2. The van der Waals surface area contributed by atoms with Crippen LogP contribution in [0.1, 0.15) is 50.9 Å². The van der Waals surface area contributed by atoms with E-state index in [1.165, 1.54) is 24.3 Å². The molecule has 1 saturated heterocycles. The highest BCUT2D eigenvalue weighted by Gasteiger charge is 2.41. The van der Waals surface area contributed by atoms with Crippen molar-refractivity contribution in [2.45, 2.75) is 52.0 Å². The second kappa shape index (κ2) is 9.40. The zero-order valence-corrected chi connectivity index (χ0v) is 16.8. The minimum absolute atomic E-state index is 0.0339. The molecule has 0 saturated carbocycles. The first-order chi connectivity index (χ1) is 12.3. The van der Waals surface area contributed by atoms with Crippen LogP contribution in [0.25, 0.3) is 0 Å². The molecule has 2 rings (SSSR count). The van der Waals surface area contributed by atoms with Gasteiger partial charge in [-0.2, -0.15) is 0 Å². The lowest BCUT2D eigenvalue weighted by Crippen LogP contribution is -2.50. The van der Waals surface area contributed by atoms with Crippen molar-refractivity contribution < 1.29 is 14.0 Å². The van der Waals surface area contributed by atoms with Gasteiger partial charge in [-0.25, -0.2) is 4.39 Å². The highest BCUT2D eigenvalue weighted by molar-refractivity contribution is 8.00. The molecule has 0 aromatic heterocycles. The molecular formula is C20H29FN2O2S. The van der Waals surface area contributed by atoms with Crippen LogP contribution in [0.5, 0.6) is 0 Å². The first-order valence-electron chi connectivity index (χ1n) is 9.27. The van der Waals surface area contributed by atoms with E-state index in [1.54, 1.807) is 16.7 Å². The Hall–Kier alpha value is -1.56. The summed E-state index contributed by atoms with van der Waals surface area (Å²) in [6.07, 6.45) is 1.74. The van der Waals surface area contributed by atoms with Gasteiger partial charge in [-0.3, -0.25) is 9.59 Å². The summed E-state index contributed by atoms with van der Waals surface area (Å²) in [7, 11) is 0. The summed E-state index contributed by atoms with van der Waals surface area (Å²) in [6, 6.07) is 5.06. The Morgan fingerprint density at radius 2 is 1.85 bits per heavy atom. The third-order valence-electron chi connectivity index (χ3n) is 4.41. The summed E-state index contributed by atoms with van der Waals surface area (Å²) in [5.41, 5.74) is 0.419. The normalized spacial score (nSPS) is 20.0. The number of carbonyl (C=O) groups is 2. The lowest BCUT2D eigenvalue weighted by atomic mass is 10.1. The van der Waals surface area contributed by atoms with Gasteiger partial charge in [-0.05, 0) is 48.9 Å². The molecule has 0 bridgehead atoms. The van der Waals surface area contributed by atoms with Gasteiger partial charge in [-0.15, -0.1) is 11.8 Å². The number of thioether (sulfide) groups is 1. The van der Waals surface area contributed by atoms with Gasteiger partial charge in [0, 0.05) is 17.9 Å². The molecule has 144 valence electrons. The van der Waals surface area contributed by atoms with E-state index >= 15 is 0 Å². The van der Waals surface area contributed by atoms with Crippen LogP contribution in [0.4, 0.5) is 4.39 Å². The van der Waals surface area contributed by atoms with E-state index < -0.39 is 6.04 Å². The second-order valence-corrected chi connectivity index (χ2v) is 8.84. The van der Waals surface area contributed by atoms with Crippen LogP contribution in [0.3, 0.4) is 0 Å². The number of nitrogens with one attached hydrogen (secondary N) is 1. The molecule has 4 nitrogen and oxygen atoms in total. The van der Waals surface area contributed by atoms with Gasteiger partial charge >= 0.3 is 0 Å². The van der Waals surface area contributed by atoms with E-state index in [0.717, 1.165) is 12.8 Å². The smallest absolute Gasteiger partial charge is 0.255 e. The van der Waals surface area contributed by atoms with Crippen molar-refractivity contribution in [2.75, 3.05) is 12.3 Å². The first-order valence-corrected chi connectivity index (χ1v) is 10.3. The molecule has 1 aliphatic rings. The minimum Gasteiger partial charge on any atom is -0.354 e. The van der Waals surface area contributed by atoms with Gasteiger partial charge in [0.05, 0.1) is 5.37 Å². The van der Waals surface area contributed by atoms with E-state index in [4.69, 9.17) is 0 Å². The molecule has 0 aliphatic carbocycles. The van der Waals surface area contributed by atoms with E-state index in [9.17, 15) is 14.0 Å². The number of hydrogen-bond donors (Lipinski definition) is 1.